The summed E-state index contributed by atoms with van der Waals surface area (Å²) < 4.78 is 29.5. The summed E-state index contributed by atoms with van der Waals surface area (Å²) in [5.74, 6) is 0. The van der Waals surface area contributed by atoms with Crippen LogP contribution in [-0.4, -0.2) is 51.3 Å². The Morgan fingerprint density at radius 3 is 2.44 bits per heavy atom. The molecule has 18 heavy (non-hydrogen) atoms. The lowest BCUT2D eigenvalue weighted by molar-refractivity contribution is 0.169. The molecule has 1 amide bonds. The SMILES string of the molecule is COC(=O)NCCN(C1CCCCC1)S(C)(=O)=O. The molecule has 0 radical (unpaired) electrons. The van der Waals surface area contributed by atoms with Gasteiger partial charge in [-0.15, -0.1) is 0 Å². The highest BCUT2D eigenvalue weighted by atomic mass is 32.2. The van der Waals surface area contributed by atoms with Gasteiger partial charge in [0, 0.05) is 19.1 Å². The van der Waals surface area contributed by atoms with Crippen LogP contribution in [0.4, 0.5) is 4.79 Å². The molecule has 0 spiro atoms. The number of rotatable bonds is 5. The minimum atomic E-state index is -3.23. The van der Waals surface area contributed by atoms with Crippen molar-refractivity contribution in [2.45, 2.75) is 38.1 Å². The molecule has 0 unspecified atom stereocenters. The first kappa shape index (κ1) is 15.2. The summed E-state index contributed by atoms with van der Waals surface area (Å²) in [5.41, 5.74) is 0. The minimum absolute atomic E-state index is 0.0770. The van der Waals surface area contributed by atoms with Crippen molar-refractivity contribution in [3.05, 3.63) is 0 Å². The van der Waals surface area contributed by atoms with Crippen LogP contribution in [-0.2, 0) is 14.8 Å². The van der Waals surface area contributed by atoms with Gasteiger partial charge in [-0.25, -0.2) is 13.2 Å². The molecule has 0 aromatic rings. The van der Waals surface area contributed by atoms with Gasteiger partial charge < -0.3 is 10.1 Å². The summed E-state index contributed by atoms with van der Waals surface area (Å²) in [6.45, 7) is 0.578. The Labute approximate surface area is 109 Å². The standard InChI is InChI=1S/C11H22N2O4S/c1-17-11(14)12-8-9-13(18(2,15)16)10-6-4-3-5-7-10/h10H,3-9H2,1-2H3,(H,12,14). The summed E-state index contributed by atoms with van der Waals surface area (Å²) in [6.07, 6.45) is 5.82. The molecule has 0 saturated heterocycles. The van der Waals surface area contributed by atoms with E-state index in [1.807, 2.05) is 0 Å². The molecule has 1 saturated carbocycles. The van der Waals surface area contributed by atoms with Crippen molar-refractivity contribution in [1.82, 2.24) is 9.62 Å². The Bertz CT molecular complexity index is 363. The first-order chi connectivity index (χ1) is 8.45. The molecular weight excluding hydrogens is 256 g/mol. The molecular formula is C11H22N2O4S. The van der Waals surface area contributed by atoms with Crippen molar-refractivity contribution in [2.24, 2.45) is 0 Å². The van der Waals surface area contributed by atoms with Gasteiger partial charge in [-0.2, -0.15) is 4.31 Å². The highest BCUT2D eigenvalue weighted by Gasteiger charge is 2.27. The van der Waals surface area contributed by atoms with Gasteiger partial charge in [-0.05, 0) is 12.8 Å². The van der Waals surface area contributed by atoms with E-state index in [2.05, 4.69) is 10.1 Å². The Morgan fingerprint density at radius 1 is 1.33 bits per heavy atom. The monoisotopic (exact) mass is 278 g/mol. The lowest BCUT2D eigenvalue weighted by atomic mass is 9.95. The highest BCUT2D eigenvalue weighted by molar-refractivity contribution is 7.88. The van der Waals surface area contributed by atoms with Crippen LogP contribution >= 0.6 is 0 Å². The molecule has 0 heterocycles. The number of amides is 1. The zero-order valence-corrected chi connectivity index (χ0v) is 11.8. The first-order valence-electron chi connectivity index (χ1n) is 6.24. The number of ether oxygens (including phenoxy) is 1. The third-order valence-electron chi connectivity index (χ3n) is 3.19. The second kappa shape index (κ2) is 6.94. The quantitative estimate of drug-likeness (QED) is 0.812. The number of hydrogen-bond donors (Lipinski definition) is 1. The van der Waals surface area contributed by atoms with Crippen molar-refractivity contribution >= 4 is 16.1 Å². The maximum absolute atomic E-state index is 11.8. The molecule has 6 nitrogen and oxygen atoms in total. The second-order valence-corrected chi connectivity index (χ2v) is 6.52. The Hall–Kier alpha value is -0.820. The number of carbonyl (C=O) groups is 1. The predicted octanol–water partition coefficient (Wildman–Crippen LogP) is 0.937. The first-order valence-corrected chi connectivity index (χ1v) is 8.08. The van der Waals surface area contributed by atoms with Crippen molar-refractivity contribution in [1.29, 1.82) is 0 Å². The Morgan fingerprint density at radius 2 is 1.94 bits per heavy atom. The minimum Gasteiger partial charge on any atom is -0.453 e. The van der Waals surface area contributed by atoms with E-state index in [0.29, 0.717) is 6.54 Å². The third kappa shape index (κ3) is 4.81. The van der Waals surface area contributed by atoms with Crippen molar-refractivity contribution in [3.63, 3.8) is 0 Å². The largest absolute Gasteiger partial charge is 0.453 e. The molecule has 1 N–H and O–H groups in total. The molecule has 0 aromatic carbocycles. The second-order valence-electron chi connectivity index (χ2n) is 4.58. The van der Waals surface area contributed by atoms with Gasteiger partial charge in [-0.3, -0.25) is 0 Å². The van der Waals surface area contributed by atoms with Gasteiger partial charge in [0.1, 0.15) is 0 Å². The van der Waals surface area contributed by atoms with Gasteiger partial charge in [0.05, 0.1) is 13.4 Å². The zero-order chi connectivity index (χ0) is 13.6. The number of carbonyl (C=O) groups excluding carboxylic acids is 1. The fourth-order valence-corrected chi connectivity index (χ4v) is 3.50. The molecule has 1 fully saturated rings. The predicted molar refractivity (Wildman–Crippen MR) is 68.8 cm³/mol. The summed E-state index contributed by atoms with van der Waals surface area (Å²) in [4.78, 5) is 10.9. The molecule has 0 atom stereocenters. The van der Waals surface area contributed by atoms with Gasteiger partial charge in [0.25, 0.3) is 0 Å². The van der Waals surface area contributed by atoms with Crippen LogP contribution in [0.2, 0.25) is 0 Å². The molecule has 7 heteroatoms. The molecule has 0 aliphatic heterocycles. The topological polar surface area (TPSA) is 75.7 Å². The van der Waals surface area contributed by atoms with Crippen molar-refractivity contribution in [3.8, 4) is 0 Å². The van der Waals surface area contributed by atoms with Gasteiger partial charge in [-0.1, -0.05) is 19.3 Å². The lowest BCUT2D eigenvalue weighted by Gasteiger charge is -2.32. The zero-order valence-electron chi connectivity index (χ0n) is 11.0. The molecule has 0 aromatic heterocycles. The van der Waals surface area contributed by atoms with Gasteiger partial charge in [0.2, 0.25) is 10.0 Å². The molecule has 0 bridgehead atoms. The van der Waals surface area contributed by atoms with Crippen molar-refractivity contribution < 1.29 is 17.9 Å². The van der Waals surface area contributed by atoms with E-state index in [-0.39, 0.29) is 12.6 Å². The van der Waals surface area contributed by atoms with E-state index in [9.17, 15) is 13.2 Å². The number of alkyl carbamates (subject to hydrolysis) is 1. The van der Waals surface area contributed by atoms with E-state index in [4.69, 9.17) is 0 Å². The maximum atomic E-state index is 11.8. The smallest absolute Gasteiger partial charge is 0.406 e. The van der Waals surface area contributed by atoms with Gasteiger partial charge >= 0.3 is 6.09 Å². The third-order valence-corrected chi connectivity index (χ3v) is 4.53. The Balaban J connectivity index is 2.53. The average molecular weight is 278 g/mol. The summed E-state index contributed by atoms with van der Waals surface area (Å²) in [7, 11) is -1.95. The van der Waals surface area contributed by atoms with E-state index >= 15 is 0 Å². The van der Waals surface area contributed by atoms with Crippen LogP contribution < -0.4 is 5.32 Å². The molecule has 1 rings (SSSR count). The number of methoxy groups -OCH3 is 1. The lowest BCUT2D eigenvalue weighted by Crippen LogP contribution is -2.44. The fourth-order valence-electron chi connectivity index (χ4n) is 2.33. The van der Waals surface area contributed by atoms with Crippen LogP contribution in [0.3, 0.4) is 0 Å². The van der Waals surface area contributed by atoms with E-state index in [1.54, 1.807) is 0 Å². The van der Waals surface area contributed by atoms with E-state index in [1.165, 1.54) is 24.1 Å². The fraction of sp³-hybridized carbons (Fsp3) is 0.909. The van der Waals surface area contributed by atoms with Crippen LogP contribution in [0, 0.1) is 0 Å². The molecule has 1 aliphatic carbocycles. The normalized spacial score (nSPS) is 17.7. The Kier molecular flexibility index (Phi) is 5.87. The molecule has 106 valence electrons. The highest BCUT2D eigenvalue weighted by Crippen LogP contribution is 2.23. The van der Waals surface area contributed by atoms with E-state index < -0.39 is 16.1 Å². The van der Waals surface area contributed by atoms with Crippen LogP contribution in [0.5, 0.6) is 0 Å². The molecule has 1 aliphatic rings. The van der Waals surface area contributed by atoms with Crippen LogP contribution in [0.15, 0.2) is 0 Å². The summed E-state index contributed by atoms with van der Waals surface area (Å²) in [5, 5.41) is 2.51. The number of sulfonamides is 1. The van der Waals surface area contributed by atoms with Crippen LogP contribution in [0.1, 0.15) is 32.1 Å². The summed E-state index contributed by atoms with van der Waals surface area (Å²) >= 11 is 0. The maximum Gasteiger partial charge on any atom is 0.406 e. The number of hydrogen-bond acceptors (Lipinski definition) is 4. The number of nitrogens with zero attached hydrogens (tertiary/aromatic N) is 1. The van der Waals surface area contributed by atoms with E-state index in [0.717, 1.165) is 25.7 Å². The van der Waals surface area contributed by atoms with Crippen LogP contribution in [0.25, 0.3) is 0 Å². The summed E-state index contributed by atoms with van der Waals surface area (Å²) in [6, 6.07) is 0.0770. The van der Waals surface area contributed by atoms with Crippen molar-refractivity contribution in [2.75, 3.05) is 26.5 Å². The number of nitrogens with one attached hydrogen (secondary N) is 1. The average Bonchev–Trinajstić information content (AvgIpc) is 2.33. The van der Waals surface area contributed by atoms with Gasteiger partial charge in [0.15, 0.2) is 0 Å².